The molecule has 9 nitrogen and oxygen atoms in total. The van der Waals surface area contributed by atoms with Gasteiger partial charge in [-0.3, -0.25) is 9.78 Å². The Labute approximate surface area is 239 Å². The van der Waals surface area contributed by atoms with E-state index in [1.54, 1.807) is 6.07 Å². The van der Waals surface area contributed by atoms with Crippen LogP contribution in [0.3, 0.4) is 0 Å². The predicted molar refractivity (Wildman–Crippen MR) is 156 cm³/mol. The third-order valence-corrected chi connectivity index (χ3v) is 7.02. The minimum absolute atomic E-state index is 0.0325. The summed E-state index contributed by atoms with van der Waals surface area (Å²) in [6.07, 6.45) is 3.40. The lowest BCUT2D eigenvalue weighted by Gasteiger charge is -2.26. The van der Waals surface area contributed by atoms with Crippen LogP contribution in [0.5, 0.6) is 11.5 Å². The topological polar surface area (TPSA) is 92.7 Å². The number of ether oxygens (including phenoxy) is 2. The Morgan fingerprint density at radius 3 is 2.75 bits per heavy atom. The van der Waals surface area contributed by atoms with Crippen LogP contribution < -0.4 is 14.8 Å². The molecule has 2 aromatic heterocycles. The van der Waals surface area contributed by atoms with Gasteiger partial charge < -0.3 is 24.6 Å². The standard InChI is InChI=1S/C30H33ClN6O3/c1-20-7-4-8-22(34-20)17-39-26-13-12-21(15-24(26)31)35-30-29-25(32-19-33-30)10-5-11-27(29)40-18-23-9-6-14-37(23)28(38)16-36(2)3/h4-5,7-8,10-13,15,19,23H,6,9,14,16-18H2,1-3H3,(H,32,33,35). The summed E-state index contributed by atoms with van der Waals surface area (Å²) in [6, 6.07) is 17.1. The van der Waals surface area contributed by atoms with Gasteiger partial charge in [0.15, 0.2) is 0 Å². The molecule has 5 rings (SSSR count). The van der Waals surface area contributed by atoms with Crippen LogP contribution >= 0.6 is 11.6 Å². The molecule has 1 atom stereocenters. The van der Waals surface area contributed by atoms with E-state index in [1.807, 2.05) is 79.3 Å². The summed E-state index contributed by atoms with van der Waals surface area (Å²) in [7, 11) is 3.81. The van der Waals surface area contributed by atoms with Crippen molar-refractivity contribution in [1.82, 2.24) is 24.8 Å². The fourth-order valence-electron chi connectivity index (χ4n) is 4.84. The van der Waals surface area contributed by atoms with Gasteiger partial charge in [-0.2, -0.15) is 0 Å². The van der Waals surface area contributed by atoms with Crippen molar-refractivity contribution in [3.05, 3.63) is 77.3 Å². The van der Waals surface area contributed by atoms with E-state index in [0.717, 1.165) is 47.4 Å². The van der Waals surface area contributed by atoms with Gasteiger partial charge in [0.05, 0.1) is 34.2 Å². The number of amides is 1. The fourth-order valence-corrected chi connectivity index (χ4v) is 5.08. The number of likely N-dealkylation sites (tertiary alicyclic amines) is 1. The van der Waals surface area contributed by atoms with Gasteiger partial charge in [0, 0.05) is 17.9 Å². The van der Waals surface area contributed by atoms with Crippen molar-refractivity contribution in [2.75, 3.05) is 39.1 Å². The van der Waals surface area contributed by atoms with E-state index in [1.165, 1.54) is 6.33 Å². The van der Waals surface area contributed by atoms with Crippen LogP contribution in [-0.4, -0.2) is 70.5 Å². The minimum Gasteiger partial charge on any atom is -0.491 e. The largest absolute Gasteiger partial charge is 0.491 e. The predicted octanol–water partition coefficient (Wildman–Crippen LogP) is 5.24. The molecule has 0 spiro atoms. The number of nitrogens with zero attached hydrogens (tertiary/aromatic N) is 5. The Kier molecular flexibility index (Phi) is 8.62. The molecule has 4 aromatic rings. The summed E-state index contributed by atoms with van der Waals surface area (Å²) < 4.78 is 12.2. The molecule has 1 aliphatic heterocycles. The number of carbonyl (C=O) groups is 1. The molecule has 1 fully saturated rings. The first-order chi connectivity index (χ1) is 19.4. The first-order valence-corrected chi connectivity index (χ1v) is 13.7. The summed E-state index contributed by atoms with van der Waals surface area (Å²) >= 11 is 6.56. The van der Waals surface area contributed by atoms with Gasteiger partial charge in [-0.1, -0.05) is 23.7 Å². The molecule has 1 N–H and O–H groups in total. The van der Waals surface area contributed by atoms with Crippen LogP contribution in [0.1, 0.15) is 24.2 Å². The molecule has 0 aliphatic carbocycles. The first-order valence-electron chi connectivity index (χ1n) is 13.3. The van der Waals surface area contributed by atoms with Crippen LogP contribution in [0.2, 0.25) is 5.02 Å². The zero-order valence-corrected chi connectivity index (χ0v) is 23.7. The molecule has 0 radical (unpaired) electrons. The number of likely N-dealkylation sites (N-methyl/N-ethyl adjacent to an activating group) is 1. The summed E-state index contributed by atoms with van der Waals surface area (Å²) in [4.78, 5) is 29.9. The molecule has 1 amide bonds. The van der Waals surface area contributed by atoms with Crippen LogP contribution in [0.25, 0.3) is 10.9 Å². The van der Waals surface area contributed by atoms with Gasteiger partial charge in [-0.25, -0.2) is 9.97 Å². The summed E-state index contributed by atoms with van der Waals surface area (Å²) in [6.45, 7) is 3.82. The Hall–Kier alpha value is -3.95. The number of nitrogens with one attached hydrogen (secondary N) is 1. The number of aromatic nitrogens is 3. The van der Waals surface area contributed by atoms with Gasteiger partial charge >= 0.3 is 0 Å². The molecule has 3 heterocycles. The number of pyridine rings is 1. The number of benzene rings is 2. The maximum atomic E-state index is 12.7. The third kappa shape index (κ3) is 6.60. The van der Waals surface area contributed by atoms with Crippen LogP contribution in [0, 0.1) is 6.92 Å². The van der Waals surface area contributed by atoms with Crippen molar-refractivity contribution < 1.29 is 14.3 Å². The number of hydrogen-bond donors (Lipinski definition) is 1. The lowest BCUT2D eigenvalue weighted by atomic mass is 10.2. The lowest BCUT2D eigenvalue weighted by Crippen LogP contribution is -2.43. The Morgan fingerprint density at radius 1 is 1.10 bits per heavy atom. The number of fused-ring (bicyclic) bond motifs is 1. The quantitative estimate of drug-likeness (QED) is 0.281. The van der Waals surface area contributed by atoms with Crippen LogP contribution in [-0.2, 0) is 11.4 Å². The summed E-state index contributed by atoms with van der Waals surface area (Å²) in [5.41, 5.74) is 3.27. The second-order valence-electron chi connectivity index (χ2n) is 10.1. The Morgan fingerprint density at radius 2 is 1.95 bits per heavy atom. The molecule has 2 aromatic carbocycles. The average molecular weight is 561 g/mol. The number of anilines is 2. The molecule has 1 aliphatic rings. The Bertz CT molecular complexity index is 1490. The second-order valence-corrected chi connectivity index (χ2v) is 10.5. The maximum absolute atomic E-state index is 12.7. The van der Waals surface area contributed by atoms with Gasteiger partial charge in [0.25, 0.3) is 0 Å². The molecule has 1 unspecified atom stereocenters. The number of hydrogen-bond acceptors (Lipinski definition) is 8. The van der Waals surface area contributed by atoms with Gasteiger partial charge in [-0.05, 0) is 76.3 Å². The van der Waals surface area contributed by atoms with E-state index in [-0.39, 0.29) is 11.9 Å². The third-order valence-electron chi connectivity index (χ3n) is 6.72. The smallest absolute Gasteiger partial charge is 0.237 e. The van der Waals surface area contributed by atoms with Gasteiger partial charge in [0.1, 0.15) is 36.9 Å². The van der Waals surface area contributed by atoms with Gasteiger partial charge in [0.2, 0.25) is 5.91 Å². The highest BCUT2D eigenvalue weighted by Gasteiger charge is 2.29. The van der Waals surface area contributed by atoms with Crippen molar-refractivity contribution in [1.29, 1.82) is 0 Å². The van der Waals surface area contributed by atoms with E-state index in [2.05, 4.69) is 20.3 Å². The maximum Gasteiger partial charge on any atom is 0.237 e. The molecular weight excluding hydrogens is 528 g/mol. The fraction of sp³-hybridized carbons (Fsp3) is 0.333. The monoisotopic (exact) mass is 560 g/mol. The number of carbonyl (C=O) groups excluding carboxylic acids is 1. The summed E-state index contributed by atoms with van der Waals surface area (Å²) in [5.74, 6) is 1.95. The highest BCUT2D eigenvalue weighted by Crippen LogP contribution is 2.34. The van der Waals surface area contributed by atoms with Crippen molar-refractivity contribution in [3.63, 3.8) is 0 Å². The molecule has 40 heavy (non-hydrogen) atoms. The molecular formula is C30H33ClN6O3. The highest BCUT2D eigenvalue weighted by atomic mass is 35.5. The molecule has 208 valence electrons. The molecule has 0 bridgehead atoms. The van der Waals surface area contributed by atoms with Crippen molar-refractivity contribution in [2.45, 2.75) is 32.4 Å². The minimum atomic E-state index is 0.0325. The Balaban J connectivity index is 1.31. The highest BCUT2D eigenvalue weighted by molar-refractivity contribution is 6.32. The van der Waals surface area contributed by atoms with E-state index in [4.69, 9.17) is 21.1 Å². The van der Waals surface area contributed by atoms with E-state index in [0.29, 0.717) is 42.1 Å². The van der Waals surface area contributed by atoms with E-state index in [9.17, 15) is 4.79 Å². The van der Waals surface area contributed by atoms with Crippen LogP contribution in [0.4, 0.5) is 11.5 Å². The van der Waals surface area contributed by atoms with E-state index < -0.39 is 0 Å². The lowest BCUT2D eigenvalue weighted by molar-refractivity contribution is -0.133. The molecule has 0 saturated carbocycles. The van der Waals surface area contributed by atoms with Crippen molar-refractivity contribution >= 4 is 39.9 Å². The number of halogens is 1. The van der Waals surface area contributed by atoms with Crippen LogP contribution in [0.15, 0.2) is 60.9 Å². The number of aryl methyl sites for hydroxylation is 1. The first kappa shape index (κ1) is 27.6. The van der Waals surface area contributed by atoms with Crippen molar-refractivity contribution in [3.8, 4) is 11.5 Å². The molecule has 10 heteroatoms. The second kappa shape index (κ2) is 12.5. The zero-order valence-electron chi connectivity index (χ0n) is 22.9. The average Bonchev–Trinajstić information content (AvgIpc) is 3.40. The SMILES string of the molecule is Cc1cccc(COc2ccc(Nc3ncnc4cccc(OCC5CCCN5C(=O)CN(C)C)c34)cc2Cl)n1. The molecule has 1 saturated heterocycles. The summed E-state index contributed by atoms with van der Waals surface area (Å²) in [5, 5.41) is 4.59. The number of rotatable bonds is 10. The van der Waals surface area contributed by atoms with E-state index >= 15 is 0 Å². The zero-order chi connectivity index (χ0) is 28.1. The normalized spacial score (nSPS) is 15.0. The van der Waals surface area contributed by atoms with Gasteiger partial charge in [-0.15, -0.1) is 0 Å². The van der Waals surface area contributed by atoms with Crippen molar-refractivity contribution in [2.24, 2.45) is 0 Å².